The topological polar surface area (TPSA) is 164 Å². The van der Waals surface area contributed by atoms with Crippen LogP contribution in [-0.2, 0) is 36.8 Å². The SMILES string of the molecule is CN(C)c1ccc2c(c1)Oc1cc(N(C)C)ccc1C21OC(=O)c2cc(C(=O)N(CCOc3ccc(NS(C)(=O)=O)cc3)CCc3ccc(NS(C)(=O)=O)cc3)ccc21. The van der Waals surface area contributed by atoms with E-state index in [2.05, 4.69) is 9.44 Å². The molecule has 0 saturated carbocycles. The highest BCUT2D eigenvalue weighted by atomic mass is 32.2. The molecule has 0 fully saturated rings. The van der Waals surface area contributed by atoms with Crippen molar-refractivity contribution in [3.05, 3.63) is 137 Å². The first-order chi connectivity index (χ1) is 27.9. The summed E-state index contributed by atoms with van der Waals surface area (Å²) in [6.07, 6.45) is 2.58. The van der Waals surface area contributed by atoms with Gasteiger partial charge in [0.2, 0.25) is 20.0 Å². The number of nitrogens with zero attached hydrogens (tertiary/aromatic N) is 3. The molecule has 2 N–H and O–H groups in total. The van der Waals surface area contributed by atoms with Gasteiger partial charge in [-0.15, -0.1) is 0 Å². The molecule has 0 bridgehead atoms. The van der Waals surface area contributed by atoms with Crippen LogP contribution in [-0.4, -0.2) is 94.0 Å². The van der Waals surface area contributed by atoms with Crippen LogP contribution < -0.4 is 28.7 Å². The number of nitrogens with one attached hydrogen (secondary N) is 2. The Morgan fingerprint density at radius 1 is 0.678 bits per heavy atom. The molecule has 16 heteroatoms. The van der Waals surface area contributed by atoms with Crippen LogP contribution in [0.2, 0.25) is 0 Å². The van der Waals surface area contributed by atoms with Crippen molar-refractivity contribution in [2.75, 3.05) is 79.6 Å². The predicted molar refractivity (Wildman–Crippen MR) is 228 cm³/mol. The molecule has 1 amide bonds. The van der Waals surface area contributed by atoms with Gasteiger partial charge in [0, 0.05) is 91.9 Å². The van der Waals surface area contributed by atoms with Crippen LogP contribution in [0.25, 0.3) is 0 Å². The van der Waals surface area contributed by atoms with Crippen molar-refractivity contribution in [3.63, 3.8) is 0 Å². The Kier molecular flexibility index (Phi) is 11.0. The number of ether oxygens (including phenoxy) is 3. The van der Waals surface area contributed by atoms with E-state index < -0.39 is 31.6 Å². The summed E-state index contributed by atoms with van der Waals surface area (Å²) in [5.41, 5.74) is 4.61. The first-order valence-corrected chi connectivity index (χ1v) is 22.4. The van der Waals surface area contributed by atoms with Crippen LogP contribution in [0.4, 0.5) is 22.7 Å². The van der Waals surface area contributed by atoms with E-state index in [0.29, 0.717) is 51.7 Å². The van der Waals surface area contributed by atoms with Gasteiger partial charge < -0.3 is 28.9 Å². The van der Waals surface area contributed by atoms with Gasteiger partial charge in [-0.2, -0.15) is 0 Å². The van der Waals surface area contributed by atoms with E-state index in [1.807, 2.05) is 74.4 Å². The summed E-state index contributed by atoms with van der Waals surface area (Å²) in [4.78, 5) is 34.0. The van der Waals surface area contributed by atoms with Crippen LogP contribution in [0.5, 0.6) is 17.2 Å². The van der Waals surface area contributed by atoms with Gasteiger partial charge in [-0.1, -0.05) is 18.2 Å². The Labute approximate surface area is 344 Å². The first-order valence-electron chi connectivity index (χ1n) is 18.7. The highest BCUT2D eigenvalue weighted by molar-refractivity contribution is 7.92. The lowest BCUT2D eigenvalue weighted by molar-refractivity contribution is 0.0224. The summed E-state index contributed by atoms with van der Waals surface area (Å²) in [6.45, 7) is 0.543. The third-order valence-electron chi connectivity index (χ3n) is 10.1. The minimum absolute atomic E-state index is 0.106. The highest BCUT2D eigenvalue weighted by Gasteiger charge is 2.54. The fraction of sp³-hybridized carbons (Fsp3) is 0.256. The zero-order valence-corrected chi connectivity index (χ0v) is 35.1. The fourth-order valence-corrected chi connectivity index (χ4v) is 8.35. The molecule has 0 saturated heterocycles. The summed E-state index contributed by atoms with van der Waals surface area (Å²) in [5, 5.41) is 0. The van der Waals surface area contributed by atoms with Crippen molar-refractivity contribution in [1.82, 2.24) is 4.90 Å². The van der Waals surface area contributed by atoms with Crippen LogP contribution >= 0.6 is 0 Å². The molecule has 5 aromatic carbocycles. The first kappa shape index (κ1) is 40.9. The Balaban J connectivity index is 1.19. The smallest absolute Gasteiger partial charge is 0.340 e. The molecule has 0 atom stereocenters. The van der Waals surface area contributed by atoms with Crippen molar-refractivity contribution in [1.29, 1.82) is 0 Å². The van der Waals surface area contributed by atoms with Crippen molar-refractivity contribution >= 4 is 54.7 Å². The Hall–Kier alpha value is -6.26. The number of fused-ring (bicyclic) bond motifs is 6. The monoisotopic (exact) mass is 839 g/mol. The molecule has 0 radical (unpaired) electrons. The molecule has 59 heavy (non-hydrogen) atoms. The zero-order chi connectivity index (χ0) is 42.3. The van der Waals surface area contributed by atoms with Gasteiger partial charge >= 0.3 is 5.97 Å². The van der Waals surface area contributed by atoms with Crippen molar-refractivity contribution in [2.24, 2.45) is 0 Å². The van der Waals surface area contributed by atoms with Crippen molar-refractivity contribution in [3.8, 4) is 17.2 Å². The van der Waals surface area contributed by atoms with E-state index in [1.54, 1.807) is 71.6 Å². The van der Waals surface area contributed by atoms with E-state index in [9.17, 15) is 26.4 Å². The number of amides is 1. The largest absolute Gasteiger partial charge is 0.492 e. The molecule has 0 aromatic heterocycles. The standard InChI is InChI=1S/C43H45N5O9S2/c1-46(2)32-14-19-37-39(26-32)56-40-27-33(47(3)4)15-20-38(40)43(37)36-18-9-29(25-35(36)42(50)57-43)41(49)48(22-21-28-7-10-30(11-8-28)44-58(5,51)52)23-24-55-34-16-12-31(13-17-34)45-59(6,53)54/h7-20,25-27,44-45H,21-24H2,1-6H3. The van der Waals surface area contributed by atoms with E-state index in [1.165, 1.54) is 0 Å². The maximum absolute atomic E-state index is 14.4. The van der Waals surface area contributed by atoms with Gasteiger partial charge in [-0.3, -0.25) is 14.2 Å². The molecule has 2 aliphatic rings. The molecule has 0 aliphatic carbocycles. The lowest BCUT2D eigenvalue weighted by Crippen LogP contribution is -2.36. The number of benzene rings is 5. The van der Waals surface area contributed by atoms with Gasteiger partial charge in [-0.05, 0) is 84.8 Å². The van der Waals surface area contributed by atoms with Gasteiger partial charge in [0.15, 0.2) is 5.60 Å². The van der Waals surface area contributed by atoms with Crippen LogP contribution in [0.15, 0.2) is 103 Å². The maximum atomic E-state index is 14.4. The number of hydrogen-bond acceptors (Lipinski definition) is 11. The third-order valence-corrected chi connectivity index (χ3v) is 11.3. The van der Waals surface area contributed by atoms with Gasteiger partial charge in [-0.25, -0.2) is 21.6 Å². The summed E-state index contributed by atoms with van der Waals surface area (Å²) in [7, 11) is 0.846. The van der Waals surface area contributed by atoms with Crippen LogP contribution in [0, 0.1) is 0 Å². The molecule has 7 rings (SSSR count). The minimum Gasteiger partial charge on any atom is -0.492 e. The predicted octanol–water partition coefficient (Wildman–Crippen LogP) is 5.89. The molecule has 14 nitrogen and oxygen atoms in total. The van der Waals surface area contributed by atoms with E-state index >= 15 is 0 Å². The number of esters is 1. The molecular formula is C43H45N5O9S2. The second-order valence-electron chi connectivity index (χ2n) is 14.9. The van der Waals surface area contributed by atoms with Crippen LogP contribution in [0.1, 0.15) is 43.0 Å². The lowest BCUT2D eigenvalue weighted by atomic mass is 9.77. The second kappa shape index (κ2) is 15.8. The normalized spacial score (nSPS) is 13.6. The summed E-state index contributed by atoms with van der Waals surface area (Å²) in [5.74, 6) is 0.657. The molecule has 2 heterocycles. The Morgan fingerprint density at radius 2 is 1.20 bits per heavy atom. The molecule has 1 spiro atoms. The lowest BCUT2D eigenvalue weighted by Gasteiger charge is -2.37. The number of sulfonamides is 2. The van der Waals surface area contributed by atoms with Gasteiger partial charge in [0.05, 0.1) is 24.6 Å². The summed E-state index contributed by atoms with van der Waals surface area (Å²) in [6, 6.07) is 29.9. The zero-order valence-electron chi connectivity index (χ0n) is 33.5. The quantitative estimate of drug-likeness (QED) is 0.128. The van der Waals surface area contributed by atoms with Gasteiger partial charge in [0.1, 0.15) is 23.9 Å². The molecule has 2 aliphatic heterocycles. The number of rotatable bonds is 14. The molecule has 0 unspecified atom stereocenters. The number of carbonyl (C=O) groups is 2. The number of carbonyl (C=O) groups excluding carboxylic acids is 2. The summed E-state index contributed by atoms with van der Waals surface area (Å²) < 4.78 is 70.4. The average molecular weight is 840 g/mol. The fourth-order valence-electron chi connectivity index (χ4n) is 7.22. The second-order valence-corrected chi connectivity index (χ2v) is 18.4. The third kappa shape index (κ3) is 8.78. The number of anilines is 4. The summed E-state index contributed by atoms with van der Waals surface area (Å²) >= 11 is 0. The maximum Gasteiger partial charge on any atom is 0.340 e. The Morgan fingerprint density at radius 3 is 1.73 bits per heavy atom. The van der Waals surface area contributed by atoms with E-state index in [4.69, 9.17) is 14.2 Å². The average Bonchev–Trinajstić information content (AvgIpc) is 3.46. The Bertz CT molecular complexity index is 2590. The van der Waals surface area contributed by atoms with Crippen molar-refractivity contribution in [2.45, 2.75) is 12.0 Å². The van der Waals surface area contributed by atoms with E-state index in [0.717, 1.165) is 29.4 Å². The highest BCUT2D eigenvalue weighted by Crippen LogP contribution is 2.57. The van der Waals surface area contributed by atoms with Crippen LogP contribution in [0.3, 0.4) is 0 Å². The molecule has 308 valence electrons. The van der Waals surface area contributed by atoms with E-state index in [-0.39, 0.29) is 36.7 Å². The molecular weight excluding hydrogens is 795 g/mol. The molecule has 5 aromatic rings. The van der Waals surface area contributed by atoms with Crippen molar-refractivity contribution < 1.29 is 40.6 Å². The minimum atomic E-state index is -3.45. The number of hydrogen-bond donors (Lipinski definition) is 2. The van der Waals surface area contributed by atoms with Gasteiger partial charge in [0.25, 0.3) is 5.91 Å².